The van der Waals surface area contributed by atoms with Crippen molar-refractivity contribution < 1.29 is 13.2 Å². The zero-order chi connectivity index (χ0) is 17.9. The van der Waals surface area contributed by atoms with Crippen molar-refractivity contribution in [2.24, 2.45) is 0 Å². The molecule has 134 valence electrons. The van der Waals surface area contributed by atoms with Gasteiger partial charge < -0.3 is 9.64 Å². The Morgan fingerprint density at radius 1 is 1.16 bits per heavy atom. The molecule has 6 nitrogen and oxygen atoms in total. The number of anilines is 1. The first kappa shape index (κ1) is 17.8. The average molecular weight is 361 g/mol. The average Bonchev–Trinajstić information content (AvgIpc) is 2.64. The lowest BCUT2D eigenvalue weighted by Crippen LogP contribution is -2.40. The Morgan fingerprint density at radius 2 is 1.88 bits per heavy atom. The van der Waals surface area contributed by atoms with Crippen LogP contribution in [0.25, 0.3) is 0 Å². The van der Waals surface area contributed by atoms with Crippen LogP contribution in [0.15, 0.2) is 47.5 Å². The van der Waals surface area contributed by atoms with Gasteiger partial charge >= 0.3 is 0 Å². The van der Waals surface area contributed by atoms with Gasteiger partial charge in [-0.3, -0.25) is 0 Å². The number of pyridine rings is 1. The summed E-state index contributed by atoms with van der Waals surface area (Å²) < 4.78 is 31.9. The van der Waals surface area contributed by atoms with E-state index in [1.54, 1.807) is 12.1 Å². The van der Waals surface area contributed by atoms with E-state index in [1.165, 1.54) is 21.6 Å². The molecule has 0 unspecified atom stereocenters. The van der Waals surface area contributed by atoms with Gasteiger partial charge in [0.15, 0.2) is 0 Å². The molecule has 2 heterocycles. The fraction of sp³-hybridized carbons (Fsp3) is 0.389. The Kier molecular flexibility index (Phi) is 5.36. The Labute approximate surface area is 149 Å². The number of morpholine rings is 1. The third-order valence-electron chi connectivity index (χ3n) is 4.39. The standard InChI is InChI=1S/C18H23N3O3S/c1-15-5-3-4-6-16(15)14-20(2)18-8-7-17(13-19-18)25(22,23)21-9-11-24-12-10-21/h3-8,13H,9-12,14H2,1-2H3. The molecule has 0 saturated carbocycles. The fourth-order valence-electron chi connectivity index (χ4n) is 2.81. The minimum atomic E-state index is -3.50. The number of nitrogens with zero attached hydrogens (tertiary/aromatic N) is 3. The van der Waals surface area contributed by atoms with E-state index in [-0.39, 0.29) is 4.90 Å². The number of hydrogen-bond acceptors (Lipinski definition) is 5. The number of rotatable bonds is 5. The lowest BCUT2D eigenvalue weighted by Gasteiger charge is -2.26. The van der Waals surface area contributed by atoms with Crippen LogP contribution in [-0.2, 0) is 21.3 Å². The van der Waals surface area contributed by atoms with Crippen LogP contribution in [0.3, 0.4) is 0 Å². The second-order valence-electron chi connectivity index (χ2n) is 6.15. The molecular weight excluding hydrogens is 338 g/mol. The van der Waals surface area contributed by atoms with Crippen LogP contribution >= 0.6 is 0 Å². The van der Waals surface area contributed by atoms with Gasteiger partial charge in [0.05, 0.1) is 13.2 Å². The third kappa shape index (κ3) is 4.00. The Morgan fingerprint density at radius 3 is 2.52 bits per heavy atom. The second-order valence-corrected chi connectivity index (χ2v) is 8.09. The van der Waals surface area contributed by atoms with Gasteiger partial charge in [-0.05, 0) is 30.2 Å². The van der Waals surface area contributed by atoms with Crippen LogP contribution in [0.2, 0.25) is 0 Å². The lowest BCUT2D eigenvalue weighted by atomic mass is 10.1. The smallest absolute Gasteiger partial charge is 0.244 e. The summed E-state index contributed by atoms with van der Waals surface area (Å²) in [6.45, 7) is 4.44. The molecule has 0 spiro atoms. The zero-order valence-electron chi connectivity index (χ0n) is 14.6. The van der Waals surface area contributed by atoms with E-state index < -0.39 is 10.0 Å². The summed E-state index contributed by atoms with van der Waals surface area (Å²) in [5, 5.41) is 0. The van der Waals surface area contributed by atoms with Crippen molar-refractivity contribution in [2.75, 3.05) is 38.3 Å². The molecule has 0 bridgehead atoms. The Hall–Kier alpha value is -1.96. The van der Waals surface area contributed by atoms with Crippen molar-refractivity contribution in [3.63, 3.8) is 0 Å². The SMILES string of the molecule is Cc1ccccc1CN(C)c1ccc(S(=O)(=O)N2CCOCC2)cn1. The van der Waals surface area contributed by atoms with E-state index in [2.05, 4.69) is 24.0 Å². The summed E-state index contributed by atoms with van der Waals surface area (Å²) in [5.74, 6) is 0.740. The Bertz CT molecular complexity index is 816. The molecule has 25 heavy (non-hydrogen) atoms. The van der Waals surface area contributed by atoms with Gasteiger partial charge in [0.1, 0.15) is 10.7 Å². The van der Waals surface area contributed by atoms with E-state index in [4.69, 9.17) is 4.74 Å². The molecule has 1 aromatic carbocycles. The molecule has 1 fully saturated rings. The number of benzene rings is 1. The normalized spacial score (nSPS) is 15.9. The summed E-state index contributed by atoms with van der Waals surface area (Å²) >= 11 is 0. The van der Waals surface area contributed by atoms with Crippen molar-refractivity contribution in [3.8, 4) is 0 Å². The summed E-state index contributed by atoms with van der Waals surface area (Å²) in [4.78, 5) is 6.59. The summed E-state index contributed by atoms with van der Waals surface area (Å²) in [6.07, 6.45) is 1.44. The summed E-state index contributed by atoms with van der Waals surface area (Å²) in [7, 11) is -1.55. The molecule has 7 heteroatoms. The van der Waals surface area contributed by atoms with Gasteiger partial charge in [-0.15, -0.1) is 0 Å². The highest BCUT2D eigenvalue weighted by Crippen LogP contribution is 2.20. The third-order valence-corrected chi connectivity index (χ3v) is 6.27. The molecule has 0 radical (unpaired) electrons. The molecular formula is C18H23N3O3S. The highest BCUT2D eigenvalue weighted by atomic mass is 32.2. The molecule has 0 N–H and O–H groups in total. The number of ether oxygens (including phenoxy) is 1. The van der Waals surface area contributed by atoms with Gasteiger partial charge in [-0.2, -0.15) is 4.31 Å². The van der Waals surface area contributed by atoms with Crippen molar-refractivity contribution >= 4 is 15.8 Å². The zero-order valence-corrected chi connectivity index (χ0v) is 15.4. The highest BCUT2D eigenvalue weighted by Gasteiger charge is 2.26. The summed E-state index contributed by atoms with van der Waals surface area (Å²) in [6, 6.07) is 11.6. The monoisotopic (exact) mass is 361 g/mol. The maximum Gasteiger partial charge on any atom is 0.244 e. The molecule has 2 aromatic rings. The van der Waals surface area contributed by atoms with Crippen molar-refractivity contribution in [1.82, 2.24) is 9.29 Å². The molecule has 0 aliphatic carbocycles. The van der Waals surface area contributed by atoms with Crippen LogP contribution in [0.1, 0.15) is 11.1 Å². The van der Waals surface area contributed by atoms with Crippen molar-refractivity contribution in [1.29, 1.82) is 0 Å². The molecule has 0 atom stereocenters. The van der Waals surface area contributed by atoms with E-state index in [0.717, 1.165) is 12.4 Å². The van der Waals surface area contributed by atoms with Gasteiger partial charge in [0.2, 0.25) is 10.0 Å². The van der Waals surface area contributed by atoms with Gasteiger partial charge in [-0.25, -0.2) is 13.4 Å². The van der Waals surface area contributed by atoms with E-state index in [0.29, 0.717) is 26.3 Å². The van der Waals surface area contributed by atoms with Gasteiger partial charge in [0, 0.05) is 32.9 Å². The second kappa shape index (κ2) is 7.51. The lowest BCUT2D eigenvalue weighted by molar-refractivity contribution is 0.0730. The predicted molar refractivity (Wildman–Crippen MR) is 97.1 cm³/mol. The number of aryl methyl sites for hydroxylation is 1. The van der Waals surface area contributed by atoms with Gasteiger partial charge in [-0.1, -0.05) is 24.3 Å². The van der Waals surface area contributed by atoms with Crippen molar-refractivity contribution in [2.45, 2.75) is 18.4 Å². The number of aromatic nitrogens is 1. The number of sulfonamides is 1. The fourth-order valence-corrected chi connectivity index (χ4v) is 4.16. The largest absolute Gasteiger partial charge is 0.379 e. The molecule has 0 amide bonds. The predicted octanol–water partition coefficient (Wildman–Crippen LogP) is 2.05. The molecule has 1 aliphatic rings. The van der Waals surface area contributed by atoms with Crippen LogP contribution in [0.4, 0.5) is 5.82 Å². The first-order valence-electron chi connectivity index (χ1n) is 8.28. The quantitative estimate of drug-likeness (QED) is 0.816. The highest BCUT2D eigenvalue weighted by molar-refractivity contribution is 7.89. The minimum Gasteiger partial charge on any atom is -0.379 e. The minimum absolute atomic E-state index is 0.224. The summed E-state index contributed by atoms with van der Waals surface area (Å²) in [5.41, 5.74) is 2.44. The van der Waals surface area contributed by atoms with E-state index in [1.807, 2.05) is 24.1 Å². The van der Waals surface area contributed by atoms with Crippen LogP contribution in [0.5, 0.6) is 0 Å². The van der Waals surface area contributed by atoms with E-state index in [9.17, 15) is 8.42 Å². The molecule has 3 rings (SSSR count). The Balaban J connectivity index is 1.74. The number of hydrogen-bond donors (Lipinski definition) is 0. The topological polar surface area (TPSA) is 62.7 Å². The van der Waals surface area contributed by atoms with Crippen LogP contribution < -0.4 is 4.90 Å². The van der Waals surface area contributed by atoms with Crippen LogP contribution in [-0.4, -0.2) is 51.1 Å². The first-order chi connectivity index (χ1) is 12.0. The molecule has 1 aromatic heterocycles. The molecule has 1 saturated heterocycles. The maximum absolute atomic E-state index is 12.6. The van der Waals surface area contributed by atoms with Gasteiger partial charge in [0.25, 0.3) is 0 Å². The molecule has 1 aliphatic heterocycles. The maximum atomic E-state index is 12.6. The van der Waals surface area contributed by atoms with Crippen LogP contribution in [0, 0.1) is 6.92 Å². The van der Waals surface area contributed by atoms with E-state index >= 15 is 0 Å². The first-order valence-corrected chi connectivity index (χ1v) is 9.72. The van der Waals surface area contributed by atoms with Crippen molar-refractivity contribution in [3.05, 3.63) is 53.7 Å².